The van der Waals surface area contributed by atoms with Gasteiger partial charge in [-0.15, -0.1) is 0 Å². The Balaban J connectivity index is 1.83. The lowest BCUT2D eigenvalue weighted by Crippen LogP contribution is -2.38. The van der Waals surface area contributed by atoms with Gasteiger partial charge in [-0.3, -0.25) is 19.0 Å². The van der Waals surface area contributed by atoms with Crippen molar-refractivity contribution in [1.82, 2.24) is 14.5 Å². The Bertz CT molecular complexity index is 1240. The number of aryl methyl sites for hydroxylation is 1. The molecule has 36 heavy (non-hydrogen) atoms. The number of halogens is 1. The largest absolute Gasteiger partial charge is 0.501 e. The lowest BCUT2D eigenvalue weighted by atomic mass is 10.0. The first kappa shape index (κ1) is 25.6. The van der Waals surface area contributed by atoms with E-state index in [1.807, 2.05) is 6.92 Å². The van der Waals surface area contributed by atoms with Crippen LogP contribution < -0.4 is 10.3 Å². The molecule has 2 bridgehead atoms. The summed E-state index contributed by atoms with van der Waals surface area (Å²) >= 11 is 0. The number of carbonyl (C=O) groups is 2. The third-order valence-corrected chi connectivity index (χ3v) is 6.67. The van der Waals surface area contributed by atoms with E-state index in [0.717, 1.165) is 0 Å². The molecule has 10 heteroatoms. The molecule has 9 nitrogen and oxygen atoms in total. The topological polar surface area (TPSA) is 111 Å². The van der Waals surface area contributed by atoms with Gasteiger partial charge in [0.15, 0.2) is 11.5 Å². The molecule has 1 N–H and O–H groups in total. The molecule has 0 spiro atoms. The number of fused-ring (bicyclic) bond motifs is 2. The monoisotopic (exact) mass is 499 g/mol. The number of carbonyl (C=O) groups excluding carboxylic acids is 2. The van der Waals surface area contributed by atoms with Crippen molar-refractivity contribution < 1.29 is 28.6 Å². The summed E-state index contributed by atoms with van der Waals surface area (Å²) in [5.74, 6) is -1.46. The first-order valence-electron chi connectivity index (χ1n) is 12.1. The van der Waals surface area contributed by atoms with Gasteiger partial charge in [-0.05, 0) is 50.3 Å². The maximum Gasteiger partial charge on any atom is 0.296 e. The fourth-order valence-corrected chi connectivity index (χ4v) is 4.72. The van der Waals surface area contributed by atoms with Gasteiger partial charge in [-0.25, -0.2) is 9.37 Å². The van der Waals surface area contributed by atoms with Gasteiger partial charge in [0.1, 0.15) is 17.4 Å². The van der Waals surface area contributed by atoms with E-state index in [2.05, 4.69) is 4.98 Å². The van der Waals surface area contributed by atoms with E-state index in [4.69, 9.17) is 9.47 Å². The summed E-state index contributed by atoms with van der Waals surface area (Å²) in [5.41, 5.74) is -0.466. The SMILES string of the molecule is CCN1C(=O)/C=C/CCOc2cc(F)ccc2CCC(=O)c2nc3n(c(=O)c2O)C[C@@H](OC)CCC31. The number of hydrogen-bond donors (Lipinski definition) is 1. The number of ketones is 1. The lowest BCUT2D eigenvalue weighted by Gasteiger charge is -2.30. The average molecular weight is 500 g/mol. The molecule has 2 aliphatic rings. The minimum absolute atomic E-state index is 0.0763. The third kappa shape index (κ3) is 5.18. The minimum Gasteiger partial charge on any atom is -0.501 e. The number of aromatic hydroxyl groups is 1. The second kappa shape index (κ2) is 11.0. The summed E-state index contributed by atoms with van der Waals surface area (Å²) in [6.45, 7) is 2.54. The molecule has 1 aromatic carbocycles. The van der Waals surface area contributed by atoms with Crippen LogP contribution in [0.1, 0.15) is 60.5 Å². The van der Waals surface area contributed by atoms with Gasteiger partial charge in [-0.1, -0.05) is 12.1 Å². The molecule has 192 valence electrons. The highest BCUT2D eigenvalue weighted by Crippen LogP contribution is 2.31. The first-order chi connectivity index (χ1) is 17.3. The number of benzene rings is 1. The number of methoxy groups -OCH3 is 1. The van der Waals surface area contributed by atoms with Crippen LogP contribution in [0.25, 0.3) is 0 Å². The molecule has 3 heterocycles. The molecule has 0 saturated carbocycles. The highest BCUT2D eigenvalue weighted by atomic mass is 19.1. The quantitative estimate of drug-likeness (QED) is 0.676. The van der Waals surface area contributed by atoms with Crippen LogP contribution in [0.15, 0.2) is 35.1 Å². The molecule has 2 atom stereocenters. The summed E-state index contributed by atoms with van der Waals surface area (Å²) in [4.78, 5) is 45.6. The second-order valence-electron chi connectivity index (χ2n) is 8.87. The number of amides is 1. The summed E-state index contributed by atoms with van der Waals surface area (Å²) in [7, 11) is 1.54. The van der Waals surface area contributed by atoms with Crippen LogP contribution in [0.3, 0.4) is 0 Å². The van der Waals surface area contributed by atoms with Gasteiger partial charge in [-0.2, -0.15) is 0 Å². The zero-order chi connectivity index (χ0) is 25.8. The minimum atomic E-state index is -0.747. The Hall–Kier alpha value is -3.53. The normalized spacial score (nSPS) is 21.9. The second-order valence-corrected chi connectivity index (χ2v) is 8.87. The molecular weight excluding hydrogens is 469 g/mol. The van der Waals surface area contributed by atoms with E-state index >= 15 is 0 Å². The Morgan fingerprint density at radius 1 is 1.22 bits per heavy atom. The summed E-state index contributed by atoms with van der Waals surface area (Å²) < 4.78 is 26.4. The van der Waals surface area contributed by atoms with Crippen LogP contribution in [0.4, 0.5) is 4.39 Å². The van der Waals surface area contributed by atoms with Crippen LogP contribution in [-0.4, -0.2) is 57.6 Å². The molecule has 0 radical (unpaired) electrons. The van der Waals surface area contributed by atoms with Gasteiger partial charge in [0.25, 0.3) is 5.56 Å². The van der Waals surface area contributed by atoms with E-state index in [1.165, 1.54) is 22.8 Å². The Morgan fingerprint density at radius 2 is 2.03 bits per heavy atom. The van der Waals surface area contributed by atoms with Crippen LogP contribution in [0.5, 0.6) is 11.5 Å². The fraction of sp³-hybridized carbons (Fsp3) is 0.462. The molecule has 1 unspecified atom stereocenters. The van der Waals surface area contributed by atoms with Gasteiger partial charge < -0.3 is 19.5 Å². The zero-order valence-electron chi connectivity index (χ0n) is 20.4. The van der Waals surface area contributed by atoms with Crippen molar-refractivity contribution in [2.75, 3.05) is 20.3 Å². The number of rotatable bonds is 2. The van der Waals surface area contributed by atoms with Gasteiger partial charge in [0.2, 0.25) is 11.7 Å². The number of likely N-dealkylation sites (N-methyl/N-ethyl adjacent to an activating group) is 1. The van der Waals surface area contributed by atoms with Gasteiger partial charge in [0.05, 0.1) is 25.3 Å². The number of ether oxygens (including phenoxy) is 2. The summed E-state index contributed by atoms with van der Waals surface area (Å²) in [6.07, 6.45) is 4.39. The molecular formula is C26H30FN3O6. The standard InChI is InChI=1S/C26H30FN3O6/c1-3-29-19-11-10-18(35-2)15-30-25(19)28-23(24(33)26(30)34)20(31)12-8-16-7-9-17(27)14-21(16)36-13-5-4-6-22(29)32/h4,6-7,9,14,18-19,33H,3,5,8,10-13,15H2,1-2H3/b6-4+/t18-,19?/m0/s1. The molecule has 1 aromatic heterocycles. The number of aromatic nitrogens is 2. The highest BCUT2D eigenvalue weighted by molar-refractivity contribution is 5.96. The molecule has 2 aromatic rings. The van der Waals surface area contributed by atoms with Gasteiger partial charge >= 0.3 is 0 Å². The van der Waals surface area contributed by atoms with Crippen LogP contribution >= 0.6 is 0 Å². The molecule has 0 fully saturated rings. The van der Waals surface area contributed by atoms with Crippen LogP contribution in [-0.2, 0) is 22.5 Å². The predicted molar refractivity (Wildman–Crippen MR) is 129 cm³/mol. The summed E-state index contributed by atoms with van der Waals surface area (Å²) in [6, 6.07) is 3.49. The van der Waals surface area contributed by atoms with Crippen molar-refractivity contribution in [2.45, 2.75) is 57.7 Å². The van der Waals surface area contributed by atoms with E-state index in [0.29, 0.717) is 37.1 Å². The average Bonchev–Trinajstić information content (AvgIpc) is 3.05. The van der Waals surface area contributed by atoms with Gasteiger partial charge in [0, 0.05) is 26.1 Å². The van der Waals surface area contributed by atoms with E-state index in [-0.39, 0.29) is 49.5 Å². The smallest absolute Gasteiger partial charge is 0.296 e. The number of nitrogens with zero attached hydrogens (tertiary/aromatic N) is 3. The maximum absolute atomic E-state index is 13.8. The predicted octanol–water partition coefficient (Wildman–Crippen LogP) is 2.94. The molecule has 4 rings (SSSR count). The number of hydrogen-bond acceptors (Lipinski definition) is 7. The summed E-state index contributed by atoms with van der Waals surface area (Å²) in [5, 5.41) is 10.7. The van der Waals surface area contributed by atoms with Crippen molar-refractivity contribution in [3.05, 3.63) is 63.6 Å². The van der Waals surface area contributed by atoms with Crippen molar-refractivity contribution in [3.8, 4) is 11.5 Å². The first-order valence-corrected chi connectivity index (χ1v) is 12.1. The van der Waals surface area contributed by atoms with Crippen LogP contribution in [0, 0.1) is 5.82 Å². The fourth-order valence-electron chi connectivity index (χ4n) is 4.72. The number of Topliss-reactive ketones (excluding diaryl/α,β-unsaturated/α-hetero) is 1. The Labute approximate surface area is 208 Å². The zero-order valence-corrected chi connectivity index (χ0v) is 20.4. The molecule has 1 amide bonds. The highest BCUT2D eigenvalue weighted by Gasteiger charge is 2.34. The molecule has 2 aliphatic heterocycles. The molecule has 0 aliphatic carbocycles. The maximum atomic E-state index is 13.8. The van der Waals surface area contributed by atoms with E-state index < -0.39 is 29.0 Å². The lowest BCUT2D eigenvalue weighted by molar-refractivity contribution is -0.128. The molecule has 0 saturated heterocycles. The van der Waals surface area contributed by atoms with Crippen LogP contribution in [0.2, 0.25) is 0 Å². The third-order valence-electron chi connectivity index (χ3n) is 6.67. The van der Waals surface area contributed by atoms with E-state index in [1.54, 1.807) is 24.2 Å². The Morgan fingerprint density at radius 3 is 2.78 bits per heavy atom. The Kier molecular flexibility index (Phi) is 7.83. The van der Waals surface area contributed by atoms with Crippen molar-refractivity contribution >= 4 is 11.7 Å². The van der Waals surface area contributed by atoms with Crippen molar-refractivity contribution in [1.29, 1.82) is 0 Å². The van der Waals surface area contributed by atoms with Crippen molar-refractivity contribution in [3.63, 3.8) is 0 Å². The van der Waals surface area contributed by atoms with E-state index in [9.17, 15) is 23.9 Å². The van der Waals surface area contributed by atoms with Crippen molar-refractivity contribution in [2.24, 2.45) is 0 Å².